The average molecular weight is 374 g/mol. The molecule has 2 rings (SSSR count). The molecular formula is C17H15ClF3NOS. The van der Waals surface area contributed by atoms with E-state index in [1.807, 2.05) is 31.2 Å². The van der Waals surface area contributed by atoms with Crippen molar-refractivity contribution in [3.63, 3.8) is 0 Å². The molecule has 1 amide bonds. The van der Waals surface area contributed by atoms with E-state index in [2.05, 4.69) is 5.32 Å². The second-order valence-electron chi connectivity index (χ2n) is 5.20. The van der Waals surface area contributed by atoms with Crippen LogP contribution in [0.5, 0.6) is 0 Å². The normalized spacial score (nSPS) is 12.8. The van der Waals surface area contributed by atoms with Gasteiger partial charge in [-0.1, -0.05) is 29.8 Å². The topological polar surface area (TPSA) is 29.1 Å². The molecule has 0 heterocycles. The number of carbonyl (C=O) groups excluding carboxylic acids is 1. The van der Waals surface area contributed by atoms with Crippen molar-refractivity contribution >= 4 is 35.0 Å². The summed E-state index contributed by atoms with van der Waals surface area (Å²) in [6.07, 6.45) is -4.60. The van der Waals surface area contributed by atoms with Crippen LogP contribution >= 0.6 is 23.4 Å². The SMILES string of the molecule is Cc1ccccc1SC(C)C(=O)Nc1ccc(Cl)cc1C(F)(F)F. The zero-order chi connectivity index (χ0) is 17.9. The first kappa shape index (κ1) is 18.7. The molecule has 2 nitrogen and oxygen atoms in total. The maximum Gasteiger partial charge on any atom is 0.418 e. The summed E-state index contributed by atoms with van der Waals surface area (Å²) in [6.45, 7) is 3.56. The first-order valence-electron chi connectivity index (χ1n) is 7.08. The molecule has 2 aromatic carbocycles. The summed E-state index contributed by atoms with van der Waals surface area (Å²) in [4.78, 5) is 13.2. The van der Waals surface area contributed by atoms with Gasteiger partial charge in [0.05, 0.1) is 16.5 Å². The molecule has 1 N–H and O–H groups in total. The van der Waals surface area contributed by atoms with Gasteiger partial charge in [0.15, 0.2) is 0 Å². The molecule has 1 unspecified atom stereocenters. The van der Waals surface area contributed by atoms with E-state index in [0.717, 1.165) is 22.6 Å². The molecule has 0 aromatic heterocycles. The monoisotopic (exact) mass is 373 g/mol. The Morgan fingerprint density at radius 1 is 1.21 bits per heavy atom. The smallest absolute Gasteiger partial charge is 0.325 e. The first-order valence-corrected chi connectivity index (χ1v) is 8.34. The second-order valence-corrected chi connectivity index (χ2v) is 7.02. The Hall–Kier alpha value is -1.66. The molecule has 0 aliphatic heterocycles. The lowest BCUT2D eigenvalue weighted by Crippen LogP contribution is -2.24. The van der Waals surface area contributed by atoms with E-state index < -0.39 is 22.9 Å². The van der Waals surface area contributed by atoms with E-state index in [1.165, 1.54) is 17.8 Å². The largest absolute Gasteiger partial charge is 0.418 e. The zero-order valence-electron chi connectivity index (χ0n) is 12.9. The number of anilines is 1. The molecule has 24 heavy (non-hydrogen) atoms. The van der Waals surface area contributed by atoms with Crippen molar-refractivity contribution in [1.82, 2.24) is 0 Å². The van der Waals surface area contributed by atoms with Gasteiger partial charge in [0.2, 0.25) is 5.91 Å². The third kappa shape index (κ3) is 4.68. The Labute approximate surface area is 147 Å². The van der Waals surface area contributed by atoms with E-state index in [9.17, 15) is 18.0 Å². The lowest BCUT2D eigenvalue weighted by molar-refractivity contribution is -0.137. The summed E-state index contributed by atoms with van der Waals surface area (Å²) >= 11 is 6.92. The van der Waals surface area contributed by atoms with Crippen LogP contribution in [0.3, 0.4) is 0 Å². The van der Waals surface area contributed by atoms with Gasteiger partial charge in [-0.15, -0.1) is 11.8 Å². The fourth-order valence-electron chi connectivity index (χ4n) is 2.03. The molecule has 0 bridgehead atoms. The molecular weight excluding hydrogens is 359 g/mol. The summed E-state index contributed by atoms with van der Waals surface area (Å²) in [5.74, 6) is -0.504. The predicted octanol–water partition coefficient (Wildman–Crippen LogP) is 5.79. The van der Waals surface area contributed by atoms with Crippen molar-refractivity contribution in [2.75, 3.05) is 5.32 Å². The number of alkyl halides is 3. The number of aryl methyl sites for hydroxylation is 1. The van der Waals surface area contributed by atoms with Gasteiger partial charge in [0.1, 0.15) is 0 Å². The Morgan fingerprint density at radius 2 is 1.88 bits per heavy atom. The highest BCUT2D eigenvalue weighted by atomic mass is 35.5. The number of nitrogens with one attached hydrogen (secondary N) is 1. The van der Waals surface area contributed by atoms with Gasteiger partial charge in [-0.25, -0.2) is 0 Å². The van der Waals surface area contributed by atoms with Crippen LogP contribution in [0.4, 0.5) is 18.9 Å². The Kier molecular flexibility index (Phi) is 5.83. The summed E-state index contributed by atoms with van der Waals surface area (Å²) in [7, 11) is 0. The van der Waals surface area contributed by atoms with Crippen LogP contribution in [0.25, 0.3) is 0 Å². The Morgan fingerprint density at radius 3 is 2.50 bits per heavy atom. The molecule has 0 saturated carbocycles. The fourth-order valence-corrected chi connectivity index (χ4v) is 3.16. The van der Waals surface area contributed by atoms with Crippen LogP contribution in [0, 0.1) is 6.92 Å². The minimum Gasteiger partial charge on any atom is -0.325 e. The summed E-state index contributed by atoms with van der Waals surface area (Å²) in [6, 6.07) is 10.8. The van der Waals surface area contributed by atoms with Gasteiger partial charge in [0, 0.05) is 9.92 Å². The molecule has 0 spiro atoms. The molecule has 0 aliphatic rings. The number of amides is 1. The minimum atomic E-state index is -4.60. The van der Waals surface area contributed by atoms with Gasteiger partial charge in [-0.3, -0.25) is 4.79 Å². The van der Waals surface area contributed by atoms with Gasteiger partial charge in [-0.05, 0) is 43.7 Å². The molecule has 128 valence electrons. The van der Waals surface area contributed by atoms with Crippen LogP contribution in [0.2, 0.25) is 5.02 Å². The number of carbonyl (C=O) groups is 1. The van der Waals surface area contributed by atoms with E-state index >= 15 is 0 Å². The first-order chi connectivity index (χ1) is 11.2. The van der Waals surface area contributed by atoms with Gasteiger partial charge >= 0.3 is 6.18 Å². The highest BCUT2D eigenvalue weighted by molar-refractivity contribution is 8.00. The van der Waals surface area contributed by atoms with Crippen molar-refractivity contribution < 1.29 is 18.0 Å². The molecule has 0 radical (unpaired) electrons. The fraction of sp³-hybridized carbons (Fsp3) is 0.235. The van der Waals surface area contributed by atoms with E-state index in [1.54, 1.807) is 6.92 Å². The Bertz CT molecular complexity index is 749. The van der Waals surface area contributed by atoms with Crippen molar-refractivity contribution in [2.24, 2.45) is 0 Å². The third-order valence-electron chi connectivity index (χ3n) is 3.31. The highest BCUT2D eigenvalue weighted by Gasteiger charge is 2.34. The molecule has 1 atom stereocenters. The summed E-state index contributed by atoms with van der Waals surface area (Å²) in [5.41, 5.74) is -0.254. The molecule has 0 fully saturated rings. The maximum absolute atomic E-state index is 13.1. The lowest BCUT2D eigenvalue weighted by Gasteiger charge is -2.17. The number of hydrogen-bond donors (Lipinski definition) is 1. The van der Waals surface area contributed by atoms with Gasteiger partial charge in [-0.2, -0.15) is 13.2 Å². The number of thioether (sulfide) groups is 1. The van der Waals surface area contributed by atoms with Crippen molar-refractivity contribution in [1.29, 1.82) is 0 Å². The standard InChI is InChI=1S/C17H15ClF3NOS/c1-10-5-3-4-6-15(10)24-11(2)16(23)22-14-8-7-12(18)9-13(14)17(19,20)21/h3-9,11H,1-2H3,(H,22,23). The maximum atomic E-state index is 13.1. The van der Waals surface area contributed by atoms with Gasteiger partial charge in [0.25, 0.3) is 0 Å². The van der Waals surface area contributed by atoms with Crippen LogP contribution < -0.4 is 5.32 Å². The number of hydrogen-bond acceptors (Lipinski definition) is 2. The van der Waals surface area contributed by atoms with Crippen molar-refractivity contribution in [2.45, 2.75) is 30.2 Å². The lowest BCUT2D eigenvalue weighted by atomic mass is 10.1. The average Bonchev–Trinajstić information content (AvgIpc) is 2.50. The zero-order valence-corrected chi connectivity index (χ0v) is 14.5. The van der Waals surface area contributed by atoms with Crippen LogP contribution in [-0.4, -0.2) is 11.2 Å². The minimum absolute atomic E-state index is 0.0392. The van der Waals surface area contributed by atoms with E-state index in [4.69, 9.17) is 11.6 Å². The number of benzene rings is 2. The molecule has 0 aliphatic carbocycles. The van der Waals surface area contributed by atoms with Crippen LogP contribution in [0.15, 0.2) is 47.4 Å². The van der Waals surface area contributed by atoms with Crippen LogP contribution in [0.1, 0.15) is 18.1 Å². The van der Waals surface area contributed by atoms with Gasteiger partial charge < -0.3 is 5.32 Å². The summed E-state index contributed by atoms with van der Waals surface area (Å²) in [5, 5.41) is 1.75. The predicted molar refractivity (Wildman–Crippen MR) is 91.6 cm³/mol. The van der Waals surface area contributed by atoms with E-state index in [-0.39, 0.29) is 10.7 Å². The number of rotatable bonds is 4. The number of halogens is 4. The third-order valence-corrected chi connectivity index (χ3v) is 4.83. The second kappa shape index (κ2) is 7.49. The van der Waals surface area contributed by atoms with Crippen molar-refractivity contribution in [3.05, 3.63) is 58.6 Å². The molecule has 7 heteroatoms. The van der Waals surface area contributed by atoms with E-state index in [0.29, 0.717) is 0 Å². The quantitative estimate of drug-likeness (QED) is 0.687. The van der Waals surface area contributed by atoms with Crippen molar-refractivity contribution in [3.8, 4) is 0 Å². The molecule has 0 saturated heterocycles. The Balaban J connectivity index is 2.16. The summed E-state index contributed by atoms with van der Waals surface area (Å²) < 4.78 is 39.2. The molecule has 2 aromatic rings. The van der Waals surface area contributed by atoms with Crippen LogP contribution in [-0.2, 0) is 11.0 Å². The highest BCUT2D eigenvalue weighted by Crippen LogP contribution is 2.37.